The average molecular weight is 252 g/mol. The van der Waals surface area contributed by atoms with E-state index in [1.165, 1.54) is 0 Å². The molecule has 1 rings (SSSR count). The van der Waals surface area contributed by atoms with Crippen LogP contribution in [0.1, 0.15) is 19.4 Å². The van der Waals surface area contributed by atoms with Gasteiger partial charge >= 0.3 is 0 Å². The summed E-state index contributed by atoms with van der Waals surface area (Å²) < 4.78 is 0. The van der Waals surface area contributed by atoms with Crippen molar-refractivity contribution in [1.82, 2.24) is 10.3 Å². The third kappa shape index (κ3) is 5.58. The third-order valence-corrected chi connectivity index (χ3v) is 2.77. The largest absolute Gasteiger partial charge is 0.370 e. The molecular weight excluding hydrogens is 232 g/mol. The molecule has 0 saturated heterocycles. The van der Waals surface area contributed by atoms with Gasteiger partial charge in [0, 0.05) is 12.7 Å². The van der Waals surface area contributed by atoms with Crippen molar-refractivity contribution in [1.29, 1.82) is 0 Å². The lowest BCUT2D eigenvalue weighted by atomic mass is 10.2. The third-order valence-electron chi connectivity index (χ3n) is 2.13. The van der Waals surface area contributed by atoms with E-state index in [1.807, 2.05) is 18.4 Å². The van der Waals surface area contributed by atoms with Gasteiger partial charge in [-0.15, -0.1) is 11.8 Å². The number of thioether (sulfide) groups is 1. The molecule has 0 unspecified atom stereocenters. The van der Waals surface area contributed by atoms with E-state index in [-0.39, 0.29) is 0 Å². The summed E-state index contributed by atoms with van der Waals surface area (Å²) in [7, 11) is 0. The number of hydrogen-bond donors (Lipinski definition) is 2. The van der Waals surface area contributed by atoms with Crippen LogP contribution in [0.2, 0.25) is 0 Å². The molecular formula is C12H20N4S. The van der Waals surface area contributed by atoms with Gasteiger partial charge in [0.2, 0.25) is 0 Å². The van der Waals surface area contributed by atoms with E-state index in [2.05, 4.69) is 29.1 Å². The number of hydrogen-bond acceptors (Lipinski definition) is 3. The van der Waals surface area contributed by atoms with Gasteiger partial charge in [0.15, 0.2) is 5.96 Å². The molecule has 0 aliphatic rings. The van der Waals surface area contributed by atoms with Gasteiger partial charge in [-0.1, -0.05) is 13.8 Å². The molecule has 94 valence electrons. The highest BCUT2D eigenvalue weighted by atomic mass is 32.2. The minimum absolute atomic E-state index is 0.501. The van der Waals surface area contributed by atoms with Crippen LogP contribution in [0.15, 0.2) is 28.3 Å². The molecule has 4 nitrogen and oxygen atoms in total. The first kappa shape index (κ1) is 13.8. The average Bonchev–Trinajstić information content (AvgIpc) is 2.34. The van der Waals surface area contributed by atoms with Crippen molar-refractivity contribution in [3.05, 3.63) is 23.9 Å². The SMILES string of the molecule is CSc1cc(CN=C(N)NCC(C)C)ccn1. The minimum Gasteiger partial charge on any atom is -0.370 e. The molecule has 0 aromatic carbocycles. The monoisotopic (exact) mass is 252 g/mol. The summed E-state index contributed by atoms with van der Waals surface area (Å²) in [6.45, 7) is 5.70. The molecule has 1 heterocycles. The number of nitrogens with two attached hydrogens (primary N) is 1. The molecule has 0 radical (unpaired) electrons. The zero-order valence-corrected chi connectivity index (χ0v) is 11.4. The lowest BCUT2D eigenvalue weighted by Gasteiger charge is -2.07. The Morgan fingerprint density at radius 1 is 1.59 bits per heavy atom. The maximum absolute atomic E-state index is 5.76. The molecule has 1 aromatic rings. The first-order valence-electron chi connectivity index (χ1n) is 5.64. The summed E-state index contributed by atoms with van der Waals surface area (Å²) >= 11 is 1.62. The summed E-state index contributed by atoms with van der Waals surface area (Å²) in [5, 5.41) is 4.09. The van der Waals surface area contributed by atoms with E-state index in [0.717, 1.165) is 17.1 Å². The molecule has 0 aliphatic carbocycles. The lowest BCUT2D eigenvalue weighted by Crippen LogP contribution is -2.34. The smallest absolute Gasteiger partial charge is 0.188 e. The molecule has 0 atom stereocenters. The van der Waals surface area contributed by atoms with Crippen LogP contribution in [0.4, 0.5) is 0 Å². The van der Waals surface area contributed by atoms with Crippen LogP contribution >= 0.6 is 11.8 Å². The maximum atomic E-state index is 5.76. The second-order valence-electron chi connectivity index (χ2n) is 4.18. The first-order chi connectivity index (χ1) is 8.11. The van der Waals surface area contributed by atoms with Crippen molar-refractivity contribution in [2.24, 2.45) is 16.6 Å². The Morgan fingerprint density at radius 3 is 3.00 bits per heavy atom. The van der Waals surface area contributed by atoms with Crippen molar-refractivity contribution in [3.63, 3.8) is 0 Å². The van der Waals surface area contributed by atoms with E-state index in [9.17, 15) is 0 Å². The molecule has 5 heteroatoms. The molecule has 0 bridgehead atoms. The van der Waals surface area contributed by atoms with Crippen LogP contribution in [0.3, 0.4) is 0 Å². The van der Waals surface area contributed by atoms with Gasteiger partial charge in [-0.25, -0.2) is 9.98 Å². The Balaban J connectivity index is 2.50. The van der Waals surface area contributed by atoms with E-state index in [1.54, 1.807) is 18.0 Å². The molecule has 0 spiro atoms. The second-order valence-corrected chi connectivity index (χ2v) is 5.01. The fourth-order valence-corrected chi connectivity index (χ4v) is 1.64. The summed E-state index contributed by atoms with van der Waals surface area (Å²) in [5.74, 6) is 1.06. The van der Waals surface area contributed by atoms with Gasteiger partial charge in [-0.05, 0) is 29.9 Å². The predicted octanol–water partition coefficient (Wildman–Crippen LogP) is 1.86. The van der Waals surface area contributed by atoms with Gasteiger partial charge in [0.05, 0.1) is 11.6 Å². The fraction of sp³-hybridized carbons (Fsp3) is 0.500. The number of pyridine rings is 1. The van der Waals surface area contributed by atoms with Crippen LogP contribution in [-0.2, 0) is 6.54 Å². The van der Waals surface area contributed by atoms with Crippen LogP contribution in [-0.4, -0.2) is 23.7 Å². The fourth-order valence-electron chi connectivity index (χ4n) is 1.20. The minimum atomic E-state index is 0.501. The number of nitrogens with one attached hydrogen (secondary N) is 1. The highest BCUT2D eigenvalue weighted by molar-refractivity contribution is 7.98. The van der Waals surface area contributed by atoms with Crippen molar-refractivity contribution < 1.29 is 0 Å². The molecule has 17 heavy (non-hydrogen) atoms. The molecule has 0 fully saturated rings. The highest BCUT2D eigenvalue weighted by Gasteiger charge is 1.97. The molecule has 3 N–H and O–H groups in total. The van der Waals surface area contributed by atoms with E-state index in [4.69, 9.17) is 5.73 Å². The van der Waals surface area contributed by atoms with Gasteiger partial charge in [0.1, 0.15) is 0 Å². The zero-order valence-electron chi connectivity index (χ0n) is 10.6. The standard InChI is InChI=1S/C12H20N4S/c1-9(2)7-15-12(13)16-8-10-4-5-14-11(6-10)17-3/h4-6,9H,7-8H2,1-3H3,(H3,13,15,16). The van der Waals surface area contributed by atoms with Crippen LogP contribution in [0.5, 0.6) is 0 Å². The van der Waals surface area contributed by atoms with Crippen LogP contribution in [0.25, 0.3) is 0 Å². The number of rotatable bonds is 5. The second kappa shape index (κ2) is 7.17. The summed E-state index contributed by atoms with van der Waals surface area (Å²) in [6.07, 6.45) is 3.81. The Bertz CT molecular complexity index is 377. The van der Waals surface area contributed by atoms with E-state index < -0.39 is 0 Å². The van der Waals surface area contributed by atoms with Crippen molar-refractivity contribution in [2.75, 3.05) is 12.8 Å². The Hall–Kier alpha value is -1.23. The zero-order chi connectivity index (χ0) is 12.7. The number of guanidine groups is 1. The van der Waals surface area contributed by atoms with Crippen LogP contribution in [0, 0.1) is 5.92 Å². The van der Waals surface area contributed by atoms with E-state index in [0.29, 0.717) is 18.4 Å². The summed E-state index contributed by atoms with van der Waals surface area (Å²) in [6, 6.07) is 3.99. The van der Waals surface area contributed by atoms with Gasteiger partial charge in [0.25, 0.3) is 0 Å². The van der Waals surface area contributed by atoms with Crippen molar-refractivity contribution in [2.45, 2.75) is 25.4 Å². The molecule has 0 amide bonds. The van der Waals surface area contributed by atoms with Crippen molar-refractivity contribution in [3.8, 4) is 0 Å². The van der Waals surface area contributed by atoms with E-state index >= 15 is 0 Å². The summed E-state index contributed by atoms with van der Waals surface area (Å²) in [5.41, 5.74) is 6.88. The predicted molar refractivity (Wildman–Crippen MR) is 74.2 cm³/mol. The quantitative estimate of drug-likeness (QED) is 0.477. The topological polar surface area (TPSA) is 63.3 Å². The van der Waals surface area contributed by atoms with Gasteiger partial charge < -0.3 is 11.1 Å². The molecule has 1 aromatic heterocycles. The lowest BCUT2D eigenvalue weighted by molar-refractivity contribution is 0.622. The van der Waals surface area contributed by atoms with Gasteiger partial charge in [-0.2, -0.15) is 0 Å². The maximum Gasteiger partial charge on any atom is 0.188 e. The normalized spacial score (nSPS) is 11.9. The Kier molecular flexibility index (Phi) is 5.83. The number of nitrogens with zero attached hydrogens (tertiary/aromatic N) is 2. The molecule has 0 saturated carbocycles. The number of aromatic nitrogens is 1. The Morgan fingerprint density at radius 2 is 2.35 bits per heavy atom. The van der Waals surface area contributed by atoms with Crippen molar-refractivity contribution >= 4 is 17.7 Å². The van der Waals surface area contributed by atoms with Gasteiger partial charge in [-0.3, -0.25) is 0 Å². The Labute approximate surface area is 107 Å². The molecule has 0 aliphatic heterocycles. The van der Waals surface area contributed by atoms with Crippen LogP contribution < -0.4 is 11.1 Å². The highest BCUT2D eigenvalue weighted by Crippen LogP contribution is 2.12. The summed E-state index contributed by atoms with van der Waals surface area (Å²) in [4.78, 5) is 8.50. The first-order valence-corrected chi connectivity index (χ1v) is 6.87. The number of aliphatic imine (C=N–C) groups is 1.